The van der Waals surface area contributed by atoms with E-state index in [1.54, 1.807) is 18.2 Å². The fraction of sp³-hybridized carbons (Fsp3) is 0.423. The quantitative estimate of drug-likeness (QED) is 0.337. The third-order valence-electron chi connectivity index (χ3n) is 6.44. The Morgan fingerprint density at radius 2 is 1.81 bits per heavy atom. The van der Waals surface area contributed by atoms with Crippen LogP contribution in [0.1, 0.15) is 49.3 Å². The fourth-order valence-electron chi connectivity index (χ4n) is 4.39. The van der Waals surface area contributed by atoms with Gasteiger partial charge in [-0.3, -0.25) is 24.2 Å². The van der Waals surface area contributed by atoms with Crippen molar-refractivity contribution in [1.82, 2.24) is 9.80 Å². The van der Waals surface area contributed by atoms with Crippen LogP contribution in [0.2, 0.25) is 10.0 Å². The number of ether oxygens (including phenoxy) is 1. The van der Waals surface area contributed by atoms with Gasteiger partial charge < -0.3 is 9.84 Å². The fourth-order valence-corrected chi connectivity index (χ4v) is 4.77. The molecule has 4 rings (SSSR count). The molecule has 1 aliphatic carbocycles. The number of halogens is 4. The van der Waals surface area contributed by atoms with Crippen LogP contribution in [-0.4, -0.2) is 52.4 Å². The Morgan fingerprint density at radius 1 is 1.11 bits per heavy atom. The number of aliphatic carboxylic acids is 1. The summed E-state index contributed by atoms with van der Waals surface area (Å²) in [4.78, 5) is 38.4. The first-order valence-electron chi connectivity index (χ1n) is 11.9. The lowest BCUT2D eigenvalue weighted by Crippen LogP contribution is -2.33. The molecule has 0 radical (unpaired) electrons. The minimum atomic E-state index is -0.979. The van der Waals surface area contributed by atoms with Gasteiger partial charge in [0.05, 0.1) is 23.0 Å². The van der Waals surface area contributed by atoms with E-state index < -0.39 is 17.8 Å². The van der Waals surface area contributed by atoms with Gasteiger partial charge in [-0.15, -0.1) is 12.4 Å². The van der Waals surface area contributed by atoms with Crippen LogP contribution < -0.4 is 4.74 Å². The van der Waals surface area contributed by atoms with Gasteiger partial charge in [-0.05, 0) is 54.2 Å². The van der Waals surface area contributed by atoms with Gasteiger partial charge in [0.1, 0.15) is 18.2 Å². The Kier molecular flexibility index (Phi) is 10.2. The van der Waals surface area contributed by atoms with Crippen LogP contribution in [0.5, 0.6) is 5.75 Å². The number of benzene rings is 2. The number of amides is 2. The Balaban J connectivity index is 0.00000380. The Morgan fingerprint density at radius 3 is 2.41 bits per heavy atom. The van der Waals surface area contributed by atoms with Crippen LogP contribution >= 0.6 is 35.6 Å². The second-order valence-electron chi connectivity index (χ2n) is 9.21. The molecule has 2 amide bonds. The van der Waals surface area contributed by atoms with E-state index in [1.165, 1.54) is 17.0 Å². The Labute approximate surface area is 230 Å². The Hall–Kier alpha value is -2.39. The average Bonchev–Trinajstić information content (AvgIpc) is 3.59. The molecule has 1 heterocycles. The average molecular weight is 574 g/mol. The molecular formula is C26H28Cl3FN2O5. The summed E-state index contributed by atoms with van der Waals surface area (Å²) in [6.45, 7) is 1.39. The molecule has 1 saturated carbocycles. The van der Waals surface area contributed by atoms with Gasteiger partial charge in [-0.2, -0.15) is 0 Å². The molecule has 11 heteroatoms. The first-order chi connectivity index (χ1) is 17.2. The first-order valence-corrected chi connectivity index (χ1v) is 12.6. The molecule has 1 aliphatic heterocycles. The molecule has 0 spiro atoms. The van der Waals surface area contributed by atoms with Gasteiger partial charge in [-0.25, -0.2) is 4.39 Å². The molecular weight excluding hydrogens is 546 g/mol. The number of nitrogens with zero attached hydrogens (tertiary/aromatic N) is 2. The predicted octanol–water partition coefficient (Wildman–Crippen LogP) is 5.51. The van der Waals surface area contributed by atoms with Crippen molar-refractivity contribution in [2.24, 2.45) is 5.92 Å². The third-order valence-corrected chi connectivity index (χ3v) is 7.04. The van der Waals surface area contributed by atoms with Crippen molar-refractivity contribution in [2.75, 3.05) is 19.7 Å². The molecule has 1 saturated heterocycles. The molecule has 2 aliphatic rings. The van der Waals surface area contributed by atoms with Crippen molar-refractivity contribution in [3.63, 3.8) is 0 Å². The molecule has 37 heavy (non-hydrogen) atoms. The third kappa shape index (κ3) is 7.80. The van der Waals surface area contributed by atoms with Crippen molar-refractivity contribution in [2.45, 2.75) is 44.7 Å². The second-order valence-corrected chi connectivity index (χ2v) is 10.0. The van der Waals surface area contributed by atoms with Crippen LogP contribution in [-0.2, 0) is 20.9 Å². The summed E-state index contributed by atoms with van der Waals surface area (Å²) in [5.74, 6) is -1.07. The molecule has 2 fully saturated rings. The van der Waals surface area contributed by atoms with Crippen LogP contribution in [0, 0.1) is 11.7 Å². The topological polar surface area (TPSA) is 87.2 Å². The maximum Gasteiger partial charge on any atom is 0.305 e. The lowest BCUT2D eigenvalue weighted by Gasteiger charge is -2.32. The number of carboxylic acid groups (broad SMARTS) is 1. The summed E-state index contributed by atoms with van der Waals surface area (Å²) in [6, 6.07) is 9.18. The highest BCUT2D eigenvalue weighted by molar-refractivity contribution is 6.32. The smallest absolute Gasteiger partial charge is 0.305 e. The van der Waals surface area contributed by atoms with E-state index in [0.29, 0.717) is 35.3 Å². The Bertz CT molecular complexity index is 1150. The summed E-state index contributed by atoms with van der Waals surface area (Å²) in [5, 5.41) is 9.93. The summed E-state index contributed by atoms with van der Waals surface area (Å²) in [6.07, 6.45) is 2.42. The highest BCUT2D eigenvalue weighted by atomic mass is 35.5. The normalized spacial score (nSPS) is 16.2. The molecule has 1 atom stereocenters. The zero-order valence-corrected chi connectivity index (χ0v) is 22.3. The van der Waals surface area contributed by atoms with E-state index >= 15 is 0 Å². The number of hydrogen-bond donors (Lipinski definition) is 1. The summed E-state index contributed by atoms with van der Waals surface area (Å²) < 4.78 is 19.9. The maximum absolute atomic E-state index is 14.2. The van der Waals surface area contributed by atoms with Crippen molar-refractivity contribution >= 4 is 53.4 Å². The lowest BCUT2D eigenvalue weighted by molar-refractivity contribution is -0.140. The van der Waals surface area contributed by atoms with Gasteiger partial charge in [-0.1, -0.05) is 35.3 Å². The van der Waals surface area contributed by atoms with E-state index in [9.17, 15) is 23.9 Å². The molecule has 0 aromatic heterocycles. The highest BCUT2D eigenvalue weighted by Crippen LogP contribution is 2.36. The van der Waals surface area contributed by atoms with Gasteiger partial charge in [0.15, 0.2) is 0 Å². The van der Waals surface area contributed by atoms with Gasteiger partial charge >= 0.3 is 5.97 Å². The number of rotatable bonds is 12. The van der Waals surface area contributed by atoms with Crippen molar-refractivity contribution in [3.05, 3.63) is 63.4 Å². The predicted molar refractivity (Wildman–Crippen MR) is 140 cm³/mol. The molecule has 200 valence electrons. The number of imide groups is 1. The lowest BCUT2D eigenvalue weighted by atomic mass is 10.00. The summed E-state index contributed by atoms with van der Waals surface area (Å²) in [7, 11) is 0. The molecule has 0 unspecified atom stereocenters. The van der Waals surface area contributed by atoms with E-state index in [1.807, 2.05) is 11.0 Å². The highest BCUT2D eigenvalue weighted by Gasteiger charge is 2.31. The number of hydrogen-bond acceptors (Lipinski definition) is 5. The number of carbonyl (C=O) groups excluding carboxylic acids is 2. The summed E-state index contributed by atoms with van der Waals surface area (Å²) in [5.41, 5.74) is 1.40. The molecule has 1 N–H and O–H groups in total. The largest absolute Gasteiger partial charge is 0.490 e. The van der Waals surface area contributed by atoms with E-state index in [0.717, 1.165) is 18.4 Å². The minimum absolute atomic E-state index is 0. The van der Waals surface area contributed by atoms with Gasteiger partial charge in [0.25, 0.3) is 0 Å². The van der Waals surface area contributed by atoms with Crippen LogP contribution in [0.3, 0.4) is 0 Å². The van der Waals surface area contributed by atoms with Crippen LogP contribution in [0.25, 0.3) is 0 Å². The monoisotopic (exact) mass is 572 g/mol. The van der Waals surface area contributed by atoms with Gasteiger partial charge in [0, 0.05) is 32.0 Å². The maximum atomic E-state index is 14.2. The summed E-state index contributed by atoms with van der Waals surface area (Å²) >= 11 is 12.3. The van der Waals surface area contributed by atoms with Crippen LogP contribution in [0.15, 0.2) is 36.4 Å². The number of carbonyl (C=O) groups is 3. The van der Waals surface area contributed by atoms with Crippen molar-refractivity contribution in [3.8, 4) is 5.75 Å². The van der Waals surface area contributed by atoms with Crippen molar-refractivity contribution in [1.29, 1.82) is 0 Å². The number of likely N-dealkylation sites (tertiary alicyclic amines) is 1. The molecule has 0 bridgehead atoms. The number of carboxylic acids is 1. The minimum Gasteiger partial charge on any atom is -0.490 e. The van der Waals surface area contributed by atoms with Crippen LogP contribution in [0.4, 0.5) is 4.39 Å². The van der Waals surface area contributed by atoms with E-state index in [2.05, 4.69) is 0 Å². The second kappa shape index (κ2) is 12.9. The van der Waals surface area contributed by atoms with E-state index in [-0.39, 0.29) is 61.7 Å². The van der Waals surface area contributed by atoms with Gasteiger partial charge in [0.2, 0.25) is 11.8 Å². The first kappa shape index (κ1) is 29.2. The standard InChI is InChI=1S/C26H27Cl2FN2O5.ClH/c27-19-5-4-18(12-21(19)29)22(13-26(34)35)30(14-16-1-2-16)15-17-3-6-23(20(28)11-17)36-10-9-31-24(32)7-8-25(31)33;/h3-6,11-12,16,22H,1-2,7-10,13-15H2,(H,34,35);1H/t22-;/m0./s1. The molecule has 2 aromatic rings. The SMILES string of the molecule is Cl.O=C(O)C[C@@H](c1ccc(Cl)c(F)c1)N(Cc1ccc(OCCN2C(=O)CCC2=O)c(Cl)c1)CC1CC1. The van der Waals surface area contributed by atoms with Crippen molar-refractivity contribution < 1.29 is 28.6 Å². The molecule has 2 aromatic carbocycles. The van der Waals surface area contributed by atoms with E-state index in [4.69, 9.17) is 27.9 Å². The zero-order valence-electron chi connectivity index (χ0n) is 20.0. The molecule has 7 nitrogen and oxygen atoms in total. The zero-order chi connectivity index (χ0) is 25.8.